The fourth-order valence-electron chi connectivity index (χ4n) is 7.57. The van der Waals surface area contributed by atoms with Gasteiger partial charge in [-0.25, -0.2) is 0 Å². The Morgan fingerprint density at radius 3 is 1.22 bits per heavy atom. The summed E-state index contributed by atoms with van der Waals surface area (Å²) in [5.74, 6) is -0.162. The van der Waals surface area contributed by atoms with Gasteiger partial charge < -0.3 is 9.47 Å². The number of hydrogen-bond donors (Lipinski definition) is 0. The molecule has 0 fully saturated rings. The van der Waals surface area contributed by atoms with E-state index in [1.165, 1.54) is 9.80 Å². The summed E-state index contributed by atoms with van der Waals surface area (Å²) in [4.78, 5) is 58.9. The molecule has 0 N–H and O–H groups in total. The van der Waals surface area contributed by atoms with Crippen LogP contribution in [0.2, 0.25) is 0 Å². The lowest BCUT2D eigenvalue weighted by Crippen LogP contribution is -2.40. The van der Waals surface area contributed by atoms with Crippen LogP contribution in [0.5, 0.6) is 11.5 Å². The molecule has 244 valence electrons. The topological polar surface area (TPSA) is 93.2 Å². The van der Waals surface area contributed by atoms with E-state index < -0.39 is 0 Å². The number of ether oxygens (including phenoxy) is 2. The molecule has 0 saturated carbocycles. The van der Waals surface area contributed by atoms with Crippen LogP contribution >= 0.6 is 31.9 Å². The summed E-state index contributed by atoms with van der Waals surface area (Å²) in [5.41, 5.74) is 3.29. The molecule has 0 aliphatic carbocycles. The van der Waals surface area contributed by atoms with Gasteiger partial charge in [0.2, 0.25) is 0 Å². The summed E-state index contributed by atoms with van der Waals surface area (Å²) >= 11 is 7.39. The van der Waals surface area contributed by atoms with E-state index in [1.54, 1.807) is 50.6 Å². The lowest BCUT2D eigenvalue weighted by atomic mass is 9.82. The number of halogens is 2. The number of fused-ring (bicyclic) bond motifs is 2. The number of methoxy groups -OCH3 is 2. The molecule has 4 amide bonds. The van der Waals surface area contributed by atoms with Gasteiger partial charge in [-0.1, -0.05) is 36.4 Å². The van der Waals surface area contributed by atoms with E-state index >= 15 is 0 Å². The Hall–Kier alpha value is -5.32. The van der Waals surface area contributed by atoms with Crippen LogP contribution in [0.1, 0.15) is 52.6 Å². The maximum atomic E-state index is 14.1. The van der Waals surface area contributed by atoms with Crippen LogP contribution in [0.3, 0.4) is 0 Å². The molecule has 0 unspecified atom stereocenters. The van der Waals surface area contributed by atoms with Crippen LogP contribution in [-0.2, 0) is 13.1 Å². The van der Waals surface area contributed by atoms with Gasteiger partial charge in [0.25, 0.3) is 23.6 Å². The number of benzene rings is 7. The highest BCUT2D eigenvalue weighted by molar-refractivity contribution is 9.10. The van der Waals surface area contributed by atoms with Crippen LogP contribution in [0.25, 0.3) is 43.1 Å². The maximum absolute atomic E-state index is 14.1. The third-order valence-electron chi connectivity index (χ3n) is 9.92. The quantitative estimate of drug-likeness (QED) is 0.0950. The standard InChI is InChI=1S/C40H24Br2N2O6/c1-49-21-7-3-19(4-8-21)17-43-37(45)25-13-11-23-28-16-30(42)36-34-26(38(46)44(40(36)48)18-20-5-9-22(50-2)10-6-20)14-12-24(32(28)34)27-15-29(41)35(39(43)47)33(25)31(23)27/h3-16H,17-18H2,1-2H3. The van der Waals surface area contributed by atoms with Crippen molar-refractivity contribution >= 4 is 98.6 Å². The zero-order chi connectivity index (χ0) is 34.6. The molecule has 2 aliphatic heterocycles. The van der Waals surface area contributed by atoms with Crippen molar-refractivity contribution in [3.63, 3.8) is 0 Å². The van der Waals surface area contributed by atoms with Crippen molar-refractivity contribution in [1.82, 2.24) is 9.80 Å². The average Bonchev–Trinajstić information content (AvgIpc) is 3.13. The lowest BCUT2D eigenvalue weighted by Gasteiger charge is -2.31. The molecule has 0 bridgehead atoms. The predicted molar refractivity (Wildman–Crippen MR) is 197 cm³/mol. The molecular formula is C40H24Br2N2O6. The summed E-state index contributed by atoms with van der Waals surface area (Å²) in [6.45, 7) is 0.216. The van der Waals surface area contributed by atoms with Gasteiger partial charge in [0.1, 0.15) is 11.5 Å². The Bertz CT molecular complexity index is 2480. The first-order chi connectivity index (χ1) is 24.2. The maximum Gasteiger partial charge on any atom is 0.262 e. The summed E-state index contributed by atoms with van der Waals surface area (Å²) in [7, 11) is 3.17. The first kappa shape index (κ1) is 30.7. The summed E-state index contributed by atoms with van der Waals surface area (Å²) in [6, 6.07) is 25.7. The first-order valence-electron chi connectivity index (χ1n) is 15.8. The van der Waals surface area contributed by atoms with Crippen LogP contribution < -0.4 is 9.47 Å². The fraction of sp³-hybridized carbons (Fsp3) is 0.100. The molecule has 7 aromatic rings. The number of hydrogen-bond acceptors (Lipinski definition) is 6. The molecule has 2 aliphatic rings. The van der Waals surface area contributed by atoms with E-state index in [9.17, 15) is 19.2 Å². The minimum absolute atomic E-state index is 0.108. The van der Waals surface area contributed by atoms with Gasteiger partial charge in [0, 0.05) is 30.8 Å². The SMILES string of the molecule is COc1ccc(CN2C(=O)c3ccc4c5cc(Br)c6c7c(ccc(c8cc(Br)c(c3c48)C2=O)c75)C(=O)N(Cc2ccc(OC)cc2)C6=O)cc1. The first-order valence-corrected chi connectivity index (χ1v) is 17.4. The highest BCUT2D eigenvalue weighted by atomic mass is 79.9. The largest absolute Gasteiger partial charge is 0.497 e. The third-order valence-corrected chi connectivity index (χ3v) is 11.2. The van der Waals surface area contributed by atoms with Crippen LogP contribution in [0, 0.1) is 0 Å². The molecule has 0 aromatic heterocycles. The molecule has 2 heterocycles. The van der Waals surface area contributed by atoms with Crippen molar-refractivity contribution < 1.29 is 28.7 Å². The van der Waals surface area contributed by atoms with E-state index in [2.05, 4.69) is 31.9 Å². The van der Waals surface area contributed by atoms with Gasteiger partial charge in [-0.05, 0) is 124 Å². The van der Waals surface area contributed by atoms with Crippen molar-refractivity contribution in [2.45, 2.75) is 13.1 Å². The van der Waals surface area contributed by atoms with E-state index in [0.717, 1.165) is 43.4 Å². The Morgan fingerprint density at radius 2 is 0.860 bits per heavy atom. The number of nitrogens with zero attached hydrogens (tertiary/aromatic N) is 2. The molecule has 0 spiro atoms. The van der Waals surface area contributed by atoms with Gasteiger partial charge >= 0.3 is 0 Å². The van der Waals surface area contributed by atoms with Gasteiger partial charge in [-0.3, -0.25) is 29.0 Å². The van der Waals surface area contributed by atoms with Crippen LogP contribution in [0.15, 0.2) is 93.9 Å². The molecular weight excluding hydrogens is 764 g/mol. The Balaban J connectivity index is 1.23. The van der Waals surface area contributed by atoms with E-state index in [0.29, 0.717) is 53.5 Å². The Kier molecular flexibility index (Phi) is 6.82. The molecule has 7 aromatic carbocycles. The fourth-order valence-corrected chi connectivity index (χ4v) is 8.77. The van der Waals surface area contributed by atoms with E-state index in [-0.39, 0.29) is 36.7 Å². The zero-order valence-electron chi connectivity index (χ0n) is 26.6. The number of rotatable bonds is 6. The van der Waals surface area contributed by atoms with Gasteiger partial charge in [0.05, 0.1) is 38.4 Å². The van der Waals surface area contributed by atoms with Crippen molar-refractivity contribution in [2.24, 2.45) is 0 Å². The van der Waals surface area contributed by atoms with Crippen molar-refractivity contribution in [1.29, 1.82) is 0 Å². The summed E-state index contributed by atoms with van der Waals surface area (Å²) < 4.78 is 11.6. The second-order valence-corrected chi connectivity index (χ2v) is 14.2. The number of imide groups is 2. The highest BCUT2D eigenvalue weighted by Gasteiger charge is 2.38. The van der Waals surface area contributed by atoms with Gasteiger partial charge in [0.15, 0.2) is 0 Å². The minimum Gasteiger partial charge on any atom is -0.497 e. The second kappa shape index (κ2) is 11.1. The Morgan fingerprint density at radius 1 is 0.480 bits per heavy atom. The van der Waals surface area contributed by atoms with Crippen molar-refractivity contribution in [3.8, 4) is 11.5 Å². The van der Waals surface area contributed by atoms with Gasteiger partial charge in [-0.2, -0.15) is 0 Å². The average molecular weight is 788 g/mol. The lowest BCUT2D eigenvalue weighted by molar-refractivity contribution is 0.0582. The van der Waals surface area contributed by atoms with E-state index in [4.69, 9.17) is 9.47 Å². The van der Waals surface area contributed by atoms with Crippen LogP contribution in [-0.4, -0.2) is 47.6 Å². The smallest absolute Gasteiger partial charge is 0.262 e. The summed E-state index contributed by atoms with van der Waals surface area (Å²) in [6.07, 6.45) is 0. The number of carbonyl (C=O) groups excluding carboxylic acids is 4. The number of amides is 4. The van der Waals surface area contributed by atoms with Crippen molar-refractivity contribution in [3.05, 3.63) is 127 Å². The zero-order valence-corrected chi connectivity index (χ0v) is 29.8. The highest BCUT2D eigenvalue weighted by Crippen LogP contribution is 2.49. The molecule has 0 radical (unpaired) electrons. The van der Waals surface area contributed by atoms with Gasteiger partial charge in [-0.15, -0.1) is 0 Å². The molecule has 8 nitrogen and oxygen atoms in total. The third kappa shape index (κ3) is 4.21. The predicted octanol–water partition coefficient (Wildman–Crippen LogP) is 8.87. The molecule has 0 atom stereocenters. The minimum atomic E-state index is -0.390. The molecule has 0 saturated heterocycles. The molecule has 10 heteroatoms. The van der Waals surface area contributed by atoms with E-state index in [1.807, 2.05) is 48.5 Å². The summed E-state index contributed by atoms with van der Waals surface area (Å²) in [5, 5.41) is 5.98. The van der Waals surface area contributed by atoms with Crippen molar-refractivity contribution in [2.75, 3.05) is 14.2 Å². The monoisotopic (exact) mass is 786 g/mol. The molecule has 9 rings (SSSR count). The second-order valence-electron chi connectivity index (χ2n) is 12.5. The normalized spacial score (nSPS) is 14.2. The van der Waals surface area contributed by atoms with Crippen LogP contribution in [0.4, 0.5) is 0 Å². The Labute approximate surface area is 301 Å². The molecule has 50 heavy (non-hydrogen) atoms. The number of carbonyl (C=O) groups is 4.